The molecule has 1 fully saturated rings. The highest BCUT2D eigenvalue weighted by Gasteiger charge is 2.29. The molecule has 9 heteroatoms. The molecule has 168 valence electrons. The Hall–Kier alpha value is -1.00. The highest BCUT2D eigenvalue weighted by atomic mass is 32.2. The number of Topliss-reactive ketones (excluding diaryl/α,β-unsaturated/α-hetero) is 2. The van der Waals surface area contributed by atoms with Crippen LogP contribution in [0, 0.1) is 5.92 Å². The van der Waals surface area contributed by atoms with Gasteiger partial charge in [0.25, 0.3) is 0 Å². The summed E-state index contributed by atoms with van der Waals surface area (Å²) in [4.78, 5) is 35.9. The van der Waals surface area contributed by atoms with Crippen LogP contribution in [0.4, 0.5) is 0 Å². The van der Waals surface area contributed by atoms with Crippen LogP contribution >= 0.6 is 11.8 Å². The lowest BCUT2D eigenvalue weighted by Crippen LogP contribution is -2.42. The maximum Gasteiger partial charge on any atom is 0.247 e. The lowest BCUT2D eigenvalue weighted by molar-refractivity contribution is -0.137. The topological polar surface area (TPSA) is 134 Å². The van der Waals surface area contributed by atoms with Crippen molar-refractivity contribution >= 4 is 29.2 Å². The van der Waals surface area contributed by atoms with Crippen LogP contribution in [0.1, 0.15) is 65.2 Å². The average Bonchev–Trinajstić information content (AvgIpc) is 3.17. The van der Waals surface area contributed by atoms with Crippen LogP contribution < -0.4 is 21.8 Å². The fourth-order valence-corrected chi connectivity index (χ4v) is 4.33. The monoisotopic (exact) mass is 430 g/mol. The van der Waals surface area contributed by atoms with Crippen molar-refractivity contribution in [1.82, 2.24) is 16.1 Å². The summed E-state index contributed by atoms with van der Waals surface area (Å²) in [5.41, 5.74) is 7.87. The van der Waals surface area contributed by atoms with E-state index in [0.29, 0.717) is 25.6 Å². The minimum atomic E-state index is -0.692. The van der Waals surface area contributed by atoms with E-state index in [0.717, 1.165) is 44.3 Å². The molecule has 1 aliphatic heterocycles. The van der Waals surface area contributed by atoms with E-state index < -0.39 is 11.8 Å². The minimum Gasteiger partial charge on any atom is -0.354 e. The zero-order valence-corrected chi connectivity index (χ0v) is 18.6. The zero-order chi connectivity index (χ0) is 21.6. The summed E-state index contributed by atoms with van der Waals surface area (Å²) in [5.74, 6) is 0.105. The van der Waals surface area contributed by atoms with E-state index in [1.165, 1.54) is 0 Å². The maximum absolute atomic E-state index is 12.2. The predicted molar refractivity (Wildman–Crippen MR) is 116 cm³/mol. The summed E-state index contributed by atoms with van der Waals surface area (Å²) < 4.78 is 0. The third-order valence-electron chi connectivity index (χ3n) is 5.11. The number of unbranched alkanes of at least 4 members (excludes halogenated alkanes) is 4. The molecular formula is C20H38N4O4S. The lowest BCUT2D eigenvalue weighted by atomic mass is 9.96. The van der Waals surface area contributed by atoms with Gasteiger partial charge in [0.15, 0.2) is 5.78 Å². The van der Waals surface area contributed by atoms with Crippen molar-refractivity contribution in [2.75, 3.05) is 18.8 Å². The lowest BCUT2D eigenvalue weighted by Gasteiger charge is -2.14. The standard InChI is InChI=1S/C20H38N4O4S/c1-14(2)17(21)18(26)16(25)10-6-3-5-9-15-13-29-20(24-15)19(27)22-11-7-4-8-12-23-28/h14-15,17,20,23-24,28H,3-13,21H2,1-2H3,(H,22,27)/t15?,17-,20?/m0/s1. The van der Waals surface area contributed by atoms with Gasteiger partial charge in [0.05, 0.1) is 6.04 Å². The molecular weight excluding hydrogens is 392 g/mol. The van der Waals surface area contributed by atoms with Crippen molar-refractivity contribution in [2.24, 2.45) is 11.7 Å². The smallest absolute Gasteiger partial charge is 0.247 e. The summed E-state index contributed by atoms with van der Waals surface area (Å²) in [7, 11) is 0. The molecule has 0 bridgehead atoms. The summed E-state index contributed by atoms with van der Waals surface area (Å²) >= 11 is 1.63. The maximum atomic E-state index is 12.2. The Morgan fingerprint density at radius 2 is 1.79 bits per heavy atom. The quantitative estimate of drug-likeness (QED) is 0.141. The number of nitrogens with two attached hydrogens (primary N) is 1. The van der Waals surface area contributed by atoms with Crippen molar-refractivity contribution in [3.8, 4) is 0 Å². The summed E-state index contributed by atoms with van der Waals surface area (Å²) in [6, 6.07) is -0.388. The number of carbonyl (C=O) groups excluding carboxylic acids is 3. The van der Waals surface area contributed by atoms with Crippen LogP contribution in [0.15, 0.2) is 0 Å². The molecule has 1 saturated heterocycles. The summed E-state index contributed by atoms with van der Waals surface area (Å²) in [5, 5.41) is 14.6. The first-order valence-corrected chi connectivity index (χ1v) is 11.8. The first-order chi connectivity index (χ1) is 13.9. The fourth-order valence-electron chi connectivity index (χ4n) is 3.12. The minimum absolute atomic E-state index is 0.0221. The Bertz CT molecular complexity index is 519. The van der Waals surface area contributed by atoms with Gasteiger partial charge in [-0.2, -0.15) is 0 Å². The number of amides is 1. The largest absolute Gasteiger partial charge is 0.354 e. The van der Waals surface area contributed by atoms with Crippen molar-refractivity contribution in [3.63, 3.8) is 0 Å². The summed E-state index contributed by atoms with van der Waals surface area (Å²) in [6.07, 6.45) is 6.52. The molecule has 0 aromatic rings. The van der Waals surface area contributed by atoms with E-state index in [9.17, 15) is 14.4 Å². The van der Waals surface area contributed by atoms with Crippen molar-refractivity contribution in [3.05, 3.63) is 0 Å². The molecule has 0 aromatic carbocycles. The van der Waals surface area contributed by atoms with Gasteiger partial charge in [-0.3, -0.25) is 19.7 Å². The average molecular weight is 431 g/mol. The van der Waals surface area contributed by atoms with Gasteiger partial charge in [-0.15, -0.1) is 11.8 Å². The fraction of sp³-hybridized carbons (Fsp3) is 0.850. The molecule has 0 radical (unpaired) electrons. The second-order valence-corrected chi connectivity index (χ2v) is 9.13. The third kappa shape index (κ3) is 10.5. The SMILES string of the molecule is CC(C)[C@H](N)C(=O)C(=O)CCCCCC1CSC(C(=O)NCCCCCNO)N1. The molecule has 8 nitrogen and oxygen atoms in total. The Balaban J connectivity index is 2.09. The Kier molecular flexibility index (Phi) is 13.4. The second-order valence-electron chi connectivity index (χ2n) is 7.99. The van der Waals surface area contributed by atoms with Crippen molar-refractivity contribution in [2.45, 2.75) is 82.7 Å². The third-order valence-corrected chi connectivity index (χ3v) is 6.38. The van der Waals surface area contributed by atoms with Crippen LogP contribution in [-0.2, 0) is 14.4 Å². The van der Waals surface area contributed by atoms with Gasteiger partial charge >= 0.3 is 0 Å². The Morgan fingerprint density at radius 1 is 1.10 bits per heavy atom. The Labute approximate surface area is 178 Å². The highest BCUT2D eigenvalue weighted by Crippen LogP contribution is 2.22. The van der Waals surface area contributed by atoms with Gasteiger partial charge in [0.1, 0.15) is 5.37 Å². The number of ketones is 2. The molecule has 0 aliphatic carbocycles. The molecule has 1 rings (SSSR count). The van der Waals surface area contributed by atoms with Crippen LogP contribution in [0.2, 0.25) is 0 Å². The molecule has 1 aliphatic rings. The van der Waals surface area contributed by atoms with E-state index in [1.807, 2.05) is 13.8 Å². The zero-order valence-electron chi connectivity index (χ0n) is 17.7. The van der Waals surface area contributed by atoms with E-state index in [-0.39, 0.29) is 29.4 Å². The van der Waals surface area contributed by atoms with Gasteiger partial charge in [0, 0.05) is 31.3 Å². The number of hydrogen-bond donors (Lipinski definition) is 5. The molecule has 0 spiro atoms. The number of hydroxylamine groups is 1. The van der Waals surface area contributed by atoms with Crippen LogP contribution in [0.5, 0.6) is 0 Å². The van der Waals surface area contributed by atoms with Gasteiger partial charge in [-0.25, -0.2) is 5.48 Å². The van der Waals surface area contributed by atoms with E-state index in [4.69, 9.17) is 10.9 Å². The molecule has 0 saturated carbocycles. The molecule has 29 heavy (non-hydrogen) atoms. The predicted octanol–water partition coefficient (Wildman–Crippen LogP) is 1.35. The molecule has 1 heterocycles. The van der Waals surface area contributed by atoms with Crippen molar-refractivity contribution < 1.29 is 19.6 Å². The van der Waals surface area contributed by atoms with Crippen LogP contribution in [0.25, 0.3) is 0 Å². The van der Waals surface area contributed by atoms with Crippen LogP contribution in [0.3, 0.4) is 0 Å². The normalized spacial score (nSPS) is 20.0. The first kappa shape index (κ1) is 26.0. The number of rotatable bonds is 16. The van der Waals surface area contributed by atoms with Gasteiger partial charge in [-0.1, -0.05) is 33.1 Å². The number of thioether (sulfide) groups is 1. The second kappa shape index (κ2) is 14.9. The van der Waals surface area contributed by atoms with Crippen LogP contribution in [-0.4, -0.2) is 59.0 Å². The number of hydrogen-bond acceptors (Lipinski definition) is 8. The molecule has 0 aromatic heterocycles. The van der Waals surface area contributed by atoms with Crippen molar-refractivity contribution in [1.29, 1.82) is 0 Å². The number of carbonyl (C=O) groups is 3. The molecule has 3 atom stereocenters. The Morgan fingerprint density at radius 3 is 2.48 bits per heavy atom. The highest BCUT2D eigenvalue weighted by molar-refractivity contribution is 8.00. The van der Waals surface area contributed by atoms with E-state index in [2.05, 4.69) is 16.1 Å². The molecule has 1 amide bonds. The van der Waals surface area contributed by atoms with Gasteiger partial charge in [0.2, 0.25) is 11.7 Å². The van der Waals surface area contributed by atoms with E-state index in [1.54, 1.807) is 11.8 Å². The first-order valence-electron chi connectivity index (χ1n) is 10.7. The van der Waals surface area contributed by atoms with E-state index >= 15 is 0 Å². The van der Waals surface area contributed by atoms with Gasteiger partial charge in [-0.05, 0) is 31.6 Å². The number of nitrogens with one attached hydrogen (secondary N) is 3. The molecule has 2 unspecified atom stereocenters. The summed E-state index contributed by atoms with van der Waals surface area (Å²) in [6.45, 7) is 4.91. The van der Waals surface area contributed by atoms with Gasteiger partial charge < -0.3 is 16.3 Å². The molecule has 6 N–H and O–H groups in total.